The summed E-state index contributed by atoms with van der Waals surface area (Å²) < 4.78 is 21.3. The molecule has 2 aliphatic heterocycles. The van der Waals surface area contributed by atoms with Gasteiger partial charge in [-0.25, -0.2) is 9.78 Å². The van der Waals surface area contributed by atoms with Crippen molar-refractivity contribution in [2.24, 2.45) is 4.99 Å². The number of nitrogens with zero attached hydrogens (tertiary/aromatic N) is 2. The van der Waals surface area contributed by atoms with Gasteiger partial charge in [-0.1, -0.05) is 0 Å². The molecule has 3 heterocycles. The van der Waals surface area contributed by atoms with Crippen LogP contribution in [0.5, 0.6) is 11.5 Å². The van der Waals surface area contributed by atoms with Crippen LogP contribution in [0.2, 0.25) is 0 Å². The number of ether oxygens (including phenoxy) is 4. The molecule has 3 rings (SSSR count). The van der Waals surface area contributed by atoms with Crippen LogP contribution in [0.4, 0.5) is 0 Å². The molecule has 0 aromatic carbocycles. The molecule has 6 atom stereocenters. The Balaban J connectivity index is 1.37. The van der Waals surface area contributed by atoms with Crippen LogP contribution in [0.15, 0.2) is 17.3 Å². The second-order valence-electron chi connectivity index (χ2n) is 7.85. The van der Waals surface area contributed by atoms with Gasteiger partial charge in [0.2, 0.25) is 0 Å². The molecule has 190 valence electrons. The third-order valence-electron chi connectivity index (χ3n) is 5.20. The van der Waals surface area contributed by atoms with Gasteiger partial charge < -0.3 is 49.6 Å². The fraction of sp³-hybridized carbons (Fsp3) is 0.650. The fourth-order valence-corrected chi connectivity index (χ4v) is 4.32. The van der Waals surface area contributed by atoms with Crippen molar-refractivity contribution >= 4 is 22.8 Å². The molecular weight excluding hydrogens is 476 g/mol. The smallest absolute Gasteiger partial charge is 0.332 e. The minimum absolute atomic E-state index is 0.00870. The van der Waals surface area contributed by atoms with Crippen LogP contribution in [0.25, 0.3) is 0 Å². The normalized spacial score (nSPS) is 31.3. The topological polar surface area (TPSA) is 201 Å². The number of aliphatic imine (C=N–C) groups is 1. The number of aromatic nitrogens is 1. The minimum atomic E-state index is -1.51. The summed E-state index contributed by atoms with van der Waals surface area (Å²) in [5, 5.41) is 58.3. The largest absolute Gasteiger partial charge is 0.505 e. The van der Waals surface area contributed by atoms with Gasteiger partial charge in [-0.15, -0.1) is 11.8 Å². The number of carbonyl (C=O) groups is 1. The second-order valence-corrected chi connectivity index (χ2v) is 8.82. The van der Waals surface area contributed by atoms with Crippen LogP contribution in [0.1, 0.15) is 12.6 Å². The first-order valence-corrected chi connectivity index (χ1v) is 11.4. The predicted octanol–water partition coefficient (Wildman–Crippen LogP) is -1.66. The van der Waals surface area contributed by atoms with Crippen LogP contribution in [0, 0.1) is 0 Å². The highest BCUT2D eigenvalue weighted by Crippen LogP contribution is 2.34. The maximum Gasteiger partial charge on any atom is 0.332 e. The highest BCUT2D eigenvalue weighted by atomic mass is 32.2. The molecule has 3 unspecified atom stereocenters. The van der Waals surface area contributed by atoms with Gasteiger partial charge in [0.1, 0.15) is 53.3 Å². The number of hydrogen-bond donors (Lipinski definition) is 6. The Kier molecular flexibility index (Phi) is 9.06. The number of aromatic hydroxyl groups is 1. The molecule has 1 aromatic rings. The lowest BCUT2D eigenvalue weighted by molar-refractivity contribution is -0.302. The SMILES string of the molecule is C[C@]1(C(=O)O)CSC(c2ncc(OCCOCCO[C@H]3OC(CO)[C@H](O)C(O)C3O)cc2O)=N1. The summed E-state index contributed by atoms with van der Waals surface area (Å²) in [5.41, 5.74) is -1.07. The maximum absolute atomic E-state index is 11.3. The number of pyridine rings is 1. The summed E-state index contributed by atoms with van der Waals surface area (Å²) in [6.07, 6.45) is -5.32. The van der Waals surface area contributed by atoms with Crippen molar-refractivity contribution < 1.29 is 54.4 Å². The average Bonchev–Trinajstić information content (AvgIpc) is 3.21. The molecule has 0 saturated carbocycles. The lowest BCUT2D eigenvalue weighted by Gasteiger charge is -2.39. The molecule has 0 radical (unpaired) electrons. The lowest BCUT2D eigenvalue weighted by atomic mass is 9.99. The van der Waals surface area contributed by atoms with E-state index in [2.05, 4.69) is 9.98 Å². The molecule has 1 fully saturated rings. The van der Waals surface area contributed by atoms with E-state index in [0.717, 1.165) is 0 Å². The molecule has 0 spiro atoms. The summed E-state index contributed by atoms with van der Waals surface area (Å²) in [4.78, 5) is 19.6. The van der Waals surface area contributed by atoms with Gasteiger partial charge in [0.25, 0.3) is 0 Å². The van der Waals surface area contributed by atoms with E-state index in [1.165, 1.54) is 30.9 Å². The van der Waals surface area contributed by atoms with E-state index in [4.69, 9.17) is 24.1 Å². The number of hydrogen-bond acceptors (Lipinski definition) is 13. The van der Waals surface area contributed by atoms with Crippen LogP contribution < -0.4 is 4.74 Å². The standard InChI is InChI=1S/C20H28N2O11S/c1-20(19(28)29)9-34-17(22-20)13-11(24)6-10(7-21-13)31-4-2-30-3-5-32-18-16(27)15(26)14(25)12(8-23)33-18/h6-7,12,14-16,18,23-27H,2-5,8-9H2,1H3,(H,28,29)/t12?,14-,15?,16?,18-,20+/m0/s1. The molecule has 1 saturated heterocycles. The zero-order valence-electron chi connectivity index (χ0n) is 18.3. The Hall–Kier alpha value is -2.04. The first kappa shape index (κ1) is 26.6. The zero-order valence-corrected chi connectivity index (χ0v) is 19.1. The molecule has 0 aliphatic carbocycles. The number of aliphatic hydroxyl groups is 4. The van der Waals surface area contributed by atoms with Crippen molar-refractivity contribution in [1.29, 1.82) is 0 Å². The Morgan fingerprint density at radius 1 is 1.21 bits per heavy atom. The van der Waals surface area contributed by atoms with E-state index in [9.17, 15) is 30.3 Å². The van der Waals surface area contributed by atoms with Crippen molar-refractivity contribution in [1.82, 2.24) is 4.98 Å². The molecule has 14 heteroatoms. The molecule has 0 amide bonds. The van der Waals surface area contributed by atoms with Crippen LogP contribution in [-0.4, -0.2) is 122 Å². The highest BCUT2D eigenvalue weighted by molar-refractivity contribution is 8.14. The Morgan fingerprint density at radius 3 is 2.59 bits per heavy atom. The number of carboxylic acids is 1. The van der Waals surface area contributed by atoms with Gasteiger partial charge in [-0.2, -0.15) is 0 Å². The van der Waals surface area contributed by atoms with E-state index in [1.54, 1.807) is 0 Å². The summed E-state index contributed by atoms with van der Waals surface area (Å²) in [6.45, 7) is 1.37. The summed E-state index contributed by atoms with van der Waals surface area (Å²) in [5.74, 6) is -0.707. The Labute approximate surface area is 199 Å². The molecule has 1 aromatic heterocycles. The summed E-state index contributed by atoms with van der Waals surface area (Å²) in [7, 11) is 0. The minimum Gasteiger partial charge on any atom is -0.505 e. The van der Waals surface area contributed by atoms with Crippen LogP contribution in [0.3, 0.4) is 0 Å². The third kappa shape index (κ3) is 6.14. The van der Waals surface area contributed by atoms with Gasteiger partial charge in [0.15, 0.2) is 11.8 Å². The molecule has 13 nitrogen and oxygen atoms in total. The zero-order chi connectivity index (χ0) is 24.9. The first-order valence-electron chi connectivity index (χ1n) is 10.4. The number of aliphatic hydroxyl groups excluding tert-OH is 4. The van der Waals surface area contributed by atoms with E-state index >= 15 is 0 Å². The van der Waals surface area contributed by atoms with Gasteiger partial charge in [0, 0.05) is 11.8 Å². The van der Waals surface area contributed by atoms with E-state index < -0.39 is 48.8 Å². The lowest BCUT2D eigenvalue weighted by Crippen LogP contribution is -2.59. The van der Waals surface area contributed by atoms with E-state index in [0.29, 0.717) is 5.04 Å². The number of thioether (sulfide) groups is 1. The van der Waals surface area contributed by atoms with Gasteiger partial charge >= 0.3 is 5.97 Å². The van der Waals surface area contributed by atoms with Crippen molar-refractivity contribution in [3.05, 3.63) is 18.0 Å². The van der Waals surface area contributed by atoms with Crippen molar-refractivity contribution in [2.75, 3.05) is 38.8 Å². The highest BCUT2D eigenvalue weighted by Gasteiger charge is 2.44. The monoisotopic (exact) mass is 504 g/mol. The van der Waals surface area contributed by atoms with Crippen molar-refractivity contribution in [3.8, 4) is 11.5 Å². The molecule has 6 N–H and O–H groups in total. The number of carboxylic acid groups (broad SMARTS) is 1. The summed E-state index contributed by atoms with van der Waals surface area (Å²) >= 11 is 1.20. The maximum atomic E-state index is 11.3. The van der Waals surface area contributed by atoms with E-state index in [-0.39, 0.29) is 49.4 Å². The number of rotatable bonds is 11. The quantitative estimate of drug-likeness (QED) is 0.187. The second kappa shape index (κ2) is 11.6. The van der Waals surface area contributed by atoms with Crippen molar-refractivity contribution in [3.63, 3.8) is 0 Å². The molecular formula is C20H28N2O11S. The summed E-state index contributed by atoms with van der Waals surface area (Å²) in [6, 6.07) is 1.35. The van der Waals surface area contributed by atoms with Crippen LogP contribution >= 0.6 is 11.8 Å². The molecule has 2 aliphatic rings. The Bertz CT molecular complexity index is 886. The fourth-order valence-electron chi connectivity index (χ4n) is 3.16. The third-order valence-corrected chi connectivity index (χ3v) is 6.46. The molecule has 0 bridgehead atoms. The predicted molar refractivity (Wildman–Crippen MR) is 117 cm³/mol. The number of aliphatic carboxylic acids is 1. The van der Waals surface area contributed by atoms with Gasteiger partial charge in [0.05, 0.1) is 32.6 Å². The van der Waals surface area contributed by atoms with Gasteiger partial charge in [-0.3, -0.25) is 4.99 Å². The van der Waals surface area contributed by atoms with Crippen molar-refractivity contribution in [2.45, 2.75) is 43.2 Å². The first-order chi connectivity index (χ1) is 16.2. The molecule has 34 heavy (non-hydrogen) atoms. The Morgan fingerprint density at radius 2 is 1.94 bits per heavy atom. The van der Waals surface area contributed by atoms with Crippen LogP contribution in [-0.2, 0) is 19.0 Å². The average molecular weight is 505 g/mol. The van der Waals surface area contributed by atoms with Gasteiger partial charge in [-0.05, 0) is 6.92 Å². The van der Waals surface area contributed by atoms with E-state index in [1.807, 2.05) is 0 Å².